The minimum Gasteiger partial charge on any atom is -0.438 e. The first-order valence-corrected chi connectivity index (χ1v) is 7.92. The Balaban J connectivity index is 1.79. The number of furan rings is 1. The smallest absolute Gasteiger partial charge is 0.227 e. The average molecular weight is 313 g/mol. The summed E-state index contributed by atoms with van der Waals surface area (Å²) in [4.78, 5) is 9.26. The van der Waals surface area contributed by atoms with E-state index in [-0.39, 0.29) is 0 Å². The number of nitrogens with zero attached hydrogens (tertiary/aromatic N) is 3. The lowest BCUT2D eigenvalue weighted by molar-refractivity contribution is 0.652. The van der Waals surface area contributed by atoms with Crippen LogP contribution >= 0.6 is 0 Å². The molecule has 4 nitrogen and oxygen atoms in total. The molecule has 5 rings (SSSR count). The van der Waals surface area contributed by atoms with Gasteiger partial charge in [0.05, 0.1) is 11.0 Å². The monoisotopic (exact) mass is 313 g/mol. The Hall–Kier alpha value is -3.14. The Morgan fingerprint density at radius 1 is 0.917 bits per heavy atom. The highest BCUT2D eigenvalue weighted by Crippen LogP contribution is 2.32. The molecule has 0 aliphatic heterocycles. The van der Waals surface area contributed by atoms with Crippen molar-refractivity contribution < 1.29 is 4.42 Å². The van der Waals surface area contributed by atoms with Crippen LogP contribution in [-0.4, -0.2) is 14.5 Å². The number of pyridine rings is 1. The summed E-state index contributed by atoms with van der Waals surface area (Å²) in [6.45, 7) is 1.97. The maximum Gasteiger partial charge on any atom is 0.227 e. The molecule has 116 valence electrons. The first-order valence-electron chi connectivity index (χ1n) is 7.92. The lowest BCUT2D eigenvalue weighted by atomic mass is 10.1. The number of aryl methyl sites for hydroxylation is 2. The molecule has 0 saturated heterocycles. The minimum absolute atomic E-state index is 0.687. The summed E-state index contributed by atoms with van der Waals surface area (Å²) >= 11 is 0. The zero-order chi connectivity index (χ0) is 16.3. The van der Waals surface area contributed by atoms with Gasteiger partial charge in [-0.1, -0.05) is 12.1 Å². The van der Waals surface area contributed by atoms with Gasteiger partial charge in [-0.05, 0) is 49.4 Å². The third kappa shape index (κ3) is 1.80. The summed E-state index contributed by atoms with van der Waals surface area (Å²) in [5, 5.41) is 2.11. The molecule has 24 heavy (non-hydrogen) atoms. The third-order valence-electron chi connectivity index (χ3n) is 4.52. The molecule has 4 heteroatoms. The van der Waals surface area contributed by atoms with Crippen molar-refractivity contribution in [2.75, 3.05) is 0 Å². The molecule has 0 aliphatic rings. The summed E-state index contributed by atoms with van der Waals surface area (Å²) in [6, 6.07) is 18.5. The maximum atomic E-state index is 5.87. The zero-order valence-corrected chi connectivity index (χ0v) is 13.4. The average Bonchev–Trinajstić information content (AvgIpc) is 3.12. The van der Waals surface area contributed by atoms with Crippen LogP contribution in [0.25, 0.3) is 44.5 Å². The van der Waals surface area contributed by atoms with Crippen LogP contribution in [0.15, 0.2) is 59.0 Å². The fraction of sp³-hybridized carbons (Fsp3) is 0.100. The van der Waals surface area contributed by atoms with E-state index in [4.69, 9.17) is 9.40 Å². The Morgan fingerprint density at radius 3 is 2.67 bits per heavy atom. The highest BCUT2D eigenvalue weighted by molar-refractivity contribution is 6.05. The Morgan fingerprint density at radius 2 is 1.79 bits per heavy atom. The number of rotatable bonds is 1. The molecule has 5 aromatic rings. The van der Waals surface area contributed by atoms with E-state index in [1.54, 1.807) is 0 Å². The fourth-order valence-electron chi connectivity index (χ4n) is 3.29. The summed E-state index contributed by atoms with van der Waals surface area (Å²) in [5.74, 6) is 0.951. The van der Waals surface area contributed by atoms with E-state index in [0.29, 0.717) is 5.71 Å². The summed E-state index contributed by atoms with van der Waals surface area (Å²) in [5.41, 5.74) is 5.70. The number of imidazole rings is 1. The topological polar surface area (TPSA) is 43.9 Å². The molecule has 0 saturated carbocycles. The summed E-state index contributed by atoms with van der Waals surface area (Å²) < 4.78 is 8.00. The van der Waals surface area contributed by atoms with Crippen LogP contribution in [0.1, 0.15) is 5.69 Å². The number of aromatic nitrogens is 3. The van der Waals surface area contributed by atoms with Gasteiger partial charge in [-0.3, -0.25) is 0 Å². The molecule has 0 atom stereocenters. The van der Waals surface area contributed by atoms with Gasteiger partial charge in [-0.2, -0.15) is 0 Å². The predicted octanol–water partition coefficient (Wildman–Crippen LogP) is 4.84. The van der Waals surface area contributed by atoms with Gasteiger partial charge in [0, 0.05) is 29.1 Å². The Bertz CT molecular complexity index is 1230. The number of hydrogen-bond donors (Lipinski definition) is 0. The maximum absolute atomic E-state index is 5.87. The van der Waals surface area contributed by atoms with E-state index in [9.17, 15) is 0 Å². The molecule has 3 heterocycles. The zero-order valence-electron chi connectivity index (χ0n) is 13.4. The van der Waals surface area contributed by atoms with Crippen LogP contribution < -0.4 is 0 Å². The van der Waals surface area contributed by atoms with Gasteiger partial charge in [0.1, 0.15) is 11.4 Å². The highest BCUT2D eigenvalue weighted by atomic mass is 16.3. The molecule has 0 unspecified atom stereocenters. The Labute approximate surface area is 138 Å². The molecular formula is C20H15N3O. The van der Waals surface area contributed by atoms with Gasteiger partial charge >= 0.3 is 0 Å². The SMILES string of the molecule is Cc1ccc2c(n1)oc1ccc(-c3nc4ccccc4n3C)cc12. The molecule has 0 radical (unpaired) electrons. The molecule has 0 fully saturated rings. The Kier molecular flexibility index (Phi) is 2.59. The van der Waals surface area contributed by atoms with Crippen LogP contribution in [0.4, 0.5) is 0 Å². The van der Waals surface area contributed by atoms with Crippen LogP contribution in [0.3, 0.4) is 0 Å². The van der Waals surface area contributed by atoms with Crippen LogP contribution in [0, 0.1) is 6.92 Å². The van der Waals surface area contributed by atoms with E-state index in [1.165, 1.54) is 0 Å². The molecule has 0 amide bonds. The largest absolute Gasteiger partial charge is 0.438 e. The molecular weight excluding hydrogens is 298 g/mol. The normalized spacial score (nSPS) is 11.8. The van der Waals surface area contributed by atoms with Gasteiger partial charge in [0.25, 0.3) is 0 Å². The van der Waals surface area contributed by atoms with Crippen LogP contribution in [0.5, 0.6) is 0 Å². The van der Waals surface area contributed by atoms with Crippen molar-refractivity contribution in [3.05, 3.63) is 60.3 Å². The van der Waals surface area contributed by atoms with E-state index >= 15 is 0 Å². The second-order valence-corrected chi connectivity index (χ2v) is 6.10. The number of hydrogen-bond acceptors (Lipinski definition) is 3. The summed E-state index contributed by atoms with van der Waals surface area (Å²) in [6.07, 6.45) is 0. The van der Waals surface area contributed by atoms with Crippen molar-refractivity contribution in [3.8, 4) is 11.4 Å². The lowest BCUT2D eigenvalue weighted by Crippen LogP contribution is -1.92. The van der Waals surface area contributed by atoms with Crippen molar-refractivity contribution in [2.24, 2.45) is 7.05 Å². The third-order valence-corrected chi connectivity index (χ3v) is 4.52. The number of benzene rings is 2. The van der Waals surface area contributed by atoms with Crippen LogP contribution in [-0.2, 0) is 7.05 Å². The molecule has 0 bridgehead atoms. The van der Waals surface area contributed by atoms with E-state index in [0.717, 1.165) is 44.5 Å². The van der Waals surface area contributed by atoms with Gasteiger partial charge in [-0.15, -0.1) is 0 Å². The van der Waals surface area contributed by atoms with Crippen LogP contribution in [0.2, 0.25) is 0 Å². The molecule has 3 aromatic heterocycles. The lowest BCUT2D eigenvalue weighted by Gasteiger charge is -2.02. The van der Waals surface area contributed by atoms with Crippen molar-refractivity contribution >= 4 is 33.1 Å². The first-order chi connectivity index (χ1) is 11.7. The van der Waals surface area contributed by atoms with E-state index in [1.807, 2.05) is 44.3 Å². The van der Waals surface area contributed by atoms with Gasteiger partial charge in [-0.25, -0.2) is 9.97 Å². The highest BCUT2D eigenvalue weighted by Gasteiger charge is 2.13. The second-order valence-electron chi connectivity index (χ2n) is 6.10. The number of fused-ring (bicyclic) bond motifs is 4. The predicted molar refractivity (Wildman–Crippen MR) is 96.0 cm³/mol. The molecule has 0 N–H and O–H groups in total. The van der Waals surface area contributed by atoms with Gasteiger partial charge < -0.3 is 8.98 Å². The van der Waals surface area contributed by atoms with E-state index < -0.39 is 0 Å². The van der Waals surface area contributed by atoms with Gasteiger partial charge in [0.2, 0.25) is 5.71 Å². The van der Waals surface area contributed by atoms with Gasteiger partial charge in [0.15, 0.2) is 0 Å². The molecule has 2 aromatic carbocycles. The second kappa shape index (κ2) is 4.68. The molecule has 0 spiro atoms. The number of para-hydroxylation sites is 2. The van der Waals surface area contributed by atoms with E-state index in [2.05, 4.69) is 33.8 Å². The quantitative estimate of drug-likeness (QED) is 0.444. The summed E-state index contributed by atoms with van der Waals surface area (Å²) in [7, 11) is 2.05. The van der Waals surface area contributed by atoms with Crippen molar-refractivity contribution in [1.29, 1.82) is 0 Å². The fourth-order valence-corrected chi connectivity index (χ4v) is 3.29. The first kappa shape index (κ1) is 13.3. The standard InChI is InChI=1S/C20H15N3O/c1-12-7-9-14-15-11-13(8-10-18(15)24-20(14)21-12)19-22-16-5-3-4-6-17(16)23(19)2/h3-11H,1-2H3. The minimum atomic E-state index is 0.687. The van der Waals surface area contributed by atoms with Crippen molar-refractivity contribution in [2.45, 2.75) is 6.92 Å². The molecule has 0 aliphatic carbocycles. The van der Waals surface area contributed by atoms with Crippen molar-refractivity contribution in [3.63, 3.8) is 0 Å². The van der Waals surface area contributed by atoms with Crippen molar-refractivity contribution in [1.82, 2.24) is 14.5 Å².